The van der Waals surface area contributed by atoms with Crippen LogP contribution < -0.4 is 4.90 Å². The molecule has 0 aliphatic carbocycles. The number of halogens is 1. The van der Waals surface area contributed by atoms with Crippen LogP contribution in [-0.2, 0) is 20.9 Å². The summed E-state index contributed by atoms with van der Waals surface area (Å²) in [6.07, 6.45) is 4.06. The number of carbonyl (C=O) groups is 3. The number of likely N-dealkylation sites (tertiary alicyclic amines) is 1. The molecule has 3 heterocycles. The largest absolute Gasteiger partial charge is 0.395 e. The van der Waals surface area contributed by atoms with Crippen molar-refractivity contribution in [3.8, 4) is 0 Å². The van der Waals surface area contributed by atoms with Gasteiger partial charge in [-0.2, -0.15) is 0 Å². The Balaban J connectivity index is 1.55. The van der Waals surface area contributed by atoms with Crippen molar-refractivity contribution in [2.75, 3.05) is 31.1 Å². The molecule has 2 aromatic rings. The number of nitrogens with zero attached hydrogens (tertiary/aromatic N) is 3. The lowest BCUT2D eigenvalue weighted by Crippen LogP contribution is -2.58. The number of hydrogen-bond donors (Lipinski definition) is 1. The van der Waals surface area contributed by atoms with Gasteiger partial charge in [0.25, 0.3) is 5.91 Å². The molecule has 5 rings (SSSR count). The molecule has 1 spiro atoms. The van der Waals surface area contributed by atoms with Crippen molar-refractivity contribution >= 4 is 46.8 Å². The third kappa shape index (κ3) is 4.90. The second kappa shape index (κ2) is 12.0. The number of β-amino-alcohol motifs (C(OH)–C–C–N with tert-alkyl or cyclic N) is 1. The molecule has 0 aromatic heterocycles. The molecule has 3 unspecified atom stereocenters. The van der Waals surface area contributed by atoms with E-state index in [1.54, 1.807) is 51.9 Å². The van der Waals surface area contributed by atoms with Crippen LogP contribution in [-0.4, -0.2) is 74.9 Å². The molecule has 0 radical (unpaired) electrons. The van der Waals surface area contributed by atoms with Gasteiger partial charge in [-0.05, 0) is 30.0 Å². The highest BCUT2D eigenvalue weighted by molar-refractivity contribution is 8.02. The molecule has 9 heteroatoms. The number of amides is 3. The standard InChI is InChI=1S/C32H36ClN3O4S/c1-4-15-34(20-22-11-7-6-8-12-22)29(38)26-25-19-21(3)32(41-25)27(26)30(39)36(17-18-37)28(32)31(40)35(16-5-2)24-14-10-9-13-23(24)33/h4-14,21,25-28,37H,1-2,15-20H2,3H3/t21?,25-,26+,27-,28?,32?/m0/s1. The zero-order valence-electron chi connectivity index (χ0n) is 23.2. The Morgan fingerprint density at radius 1 is 1.10 bits per heavy atom. The molecule has 0 saturated carbocycles. The summed E-state index contributed by atoms with van der Waals surface area (Å²) >= 11 is 8.15. The molecule has 1 N–H and O–H groups in total. The fraction of sp³-hybridized carbons (Fsp3) is 0.406. The normalized spacial score (nSPS) is 27.9. The molecule has 216 valence electrons. The number of aliphatic hydroxyl groups excluding tert-OH is 1. The minimum absolute atomic E-state index is 0.00643. The van der Waals surface area contributed by atoms with E-state index in [9.17, 15) is 19.5 Å². The van der Waals surface area contributed by atoms with Crippen molar-refractivity contribution in [3.63, 3.8) is 0 Å². The summed E-state index contributed by atoms with van der Waals surface area (Å²) in [5, 5.41) is 10.3. The topological polar surface area (TPSA) is 81.2 Å². The van der Waals surface area contributed by atoms with E-state index in [0.29, 0.717) is 23.8 Å². The number of aliphatic hydroxyl groups is 1. The van der Waals surface area contributed by atoms with E-state index in [2.05, 4.69) is 20.1 Å². The van der Waals surface area contributed by atoms with Crippen LogP contribution in [0.5, 0.6) is 0 Å². The first-order valence-electron chi connectivity index (χ1n) is 14.0. The number of fused-ring (bicyclic) bond motifs is 1. The van der Waals surface area contributed by atoms with Gasteiger partial charge in [0.05, 0.1) is 33.9 Å². The number of benzene rings is 2. The van der Waals surface area contributed by atoms with Crippen LogP contribution in [0.25, 0.3) is 0 Å². The SMILES string of the molecule is C=CCN(Cc1ccccc1)C(=O)[C@@H]1[C@@H]2CC(C)C3(S2)C(C(=O)N(CC=C)c2ccccc2Cl)N(CCO)C(=O)[C@H]13. The molecule has 7 nitrogen and oxygen atoms in total. The van der Waals surface area contributed by atoms with Gasteiger partial charge >= 0.3 is 0 Å². The Kier molecular flexibility index (Phi) is 8.64. The molecular formula is C32H36ClN3O4S. The van der Waals surface area contributed by atoms with Crippen molar-refractivity contribution in [2.45, 2.75) is 35.9 Å². The summed E-state index contributed by atoms with van der Waals surface area (Å²) in [7, 11) is 0. The van der Waals surface area contributed by atoms with Gasteiger partial charge in [-0.1, -0.05) is 73.1 Å². The number of hydrogen-bond acceptors (Lipinski definition) is 5. The number of carbonyl (C=O) groups excluding carboxylic acids is 3. The highest BCUT2D eigenvalue weighted by Crippen LogP contribution is 2.69. The summed E-state index contributed by atoms with van der Waals surface area (Å²) in [4.78, 5) is 48.0. The van der Waals surface area contributed by atoms with Gasteiger partial charge in [-0.15, -0.1) is 24.9 Å². The van der Waals surface area contributed by atoms with E-state index >= 15 is 0 Å². The molecule has 3 aliphatic rings. The van der Waals surface area contributed by atoms with Crippen LogP contribution in [0.4, 0.5) is 5.69 Å². The first-order chi connectivity index (χ1) is 19.8. The molecule has 6 atom stereocenters. The van der Waals surface area contributed by atoms with E-state index in [-0.39, 0.29) is 48.6 Å². The molecule has 3 amide bonds. The Morgan fingerprint density at radius 3 is 2.44 bits per heavy atom. The lowest BCUT2D eigenvalue weighted by molar-refractivity contribution is -0.144. The Labute approximate surface area is 250 Å². The average Bonchev–Trinajstić information content (AvgIpc) is 3.56. The summed E-state index contributed by atoms with van der Waals surface area (Å²) in [5.41, 5.74) is 1.53. The molecule has 41 heavy (non-hydrogen) atoms. The average molecular weight is 594 g/mol. The van der Waals surface area contributed by atoms with Crippen molar-refractivity contribution < 1.29 is 19.5 Å². The van der Waals surface area contributed by atoms with E-state index in [4.69, 9.17) is 11.6 Å². The maximum atomic E-state index is 14.6. The second-order valence-corrected chi connectivity index (χ2v) is 12.9. The molecule has 3 fully saturated rings. The van der Waals surface area contributed by atoms with Gasteiger partial charge < -0.3 is 19.8 Å². The summed E-state index contributed by atoms with van der Waals surface area (Å²) in [5.74, 6) is -1.85. The lowest BCUT2D eigenvalue weighted by atomic mass is 9.65. The van der Waals surface area contributed by atoms with Crippen LogP contribution in [0.3, 0.4) is 0 Å². The molecule has 2 bridgehead atoms. The summed E-state index contributed by atoms with van der Waals surface area (Å²) in [6.45, 7) is 10.5. The van der Waals surface area contributed by atoms with E-state index < -0.39 is 22.6 Å². The van der Waals surface area contributed by atoms with Crippen LogP contribution in [0, 0.1) is 17.8 Å². The smallest absolute Gasteiger partial charge is 0.251 e. The third-order valence-electron chi connectivity index (χ3n) is 8.70. The maximum Gasteiger partial charge on any atom is 0.251 e. The van der Waals surface area contributed by atoms with Crippen LogP contribution in [0.15, 0.2) is 79.9 Å². The predicted octanol–water partition coefficient (Wildman–Crippen LogP) is 4.40. The van der Waals surface area contributed by atoms with Gasteiger partial charge in [-0.25, -0.2) is 0 Å². The van der Waals surface area contributed by atoms with Crippen molar-refractivity contribution in [2.24, 2.45) is 17.8 Å². The fourth-order valence-corrected chi connectivity index (χ4v) is 9.73. The van der Waals surface area contributed by atoms with Crippen molar-refractivity contribution in [1.82, 2.24) is 9.80 Å². The second-order valence-electron chi connectivity index (χ2n) is 11.0. The van der Waals surface area contributed by atoms with E-state index in [0.717, 1.165) is 12.0 Å². The van der Waals surface area contributed by atoms with Crippen LogP contribution in [0.2, 0.25) is 5.02 Å². The molecular weight excluding hydrogens is 558 g/mol. The molecule has 3 aliphatic heterocycles. The van der Waals surface area contributed by atoms with Crippen molar-refractivity contribution in [1.29, 1.82) is 0 Å². The monoisotopic (exact) mass is 593 g/mol. The number of para-hydroxylation sites is 1. The third-order valence-corrected chi connectivity index (χ3v) is 11.1. The molecule has 2 aromatic carbocycles. The zero-order chi connectivity index (χ0) is 29.3. The lowest BCUT2D eigenvalue weighted by Gasteiger charge is -2.41. The highest BCUT2D eigenvalue weighted by Gasteiger charge is 2.76. The fourth-order valence-electron chi connectivity index (χ4n) is 7.09. The van der Waals surface area contributed by atoms with Gasteiger partial charge in [0, 0.05) is 31.4 Å². The highest BCUT2D eigenvalue weighted by atomic mass is 35.5. The number of anilines is 1. The Bertz CT molecular complexity index is 1340. The van der Waals surface area contributed by atoms with Gasteiger partial charge in [0.15, 0.2) is 0 Å². The van der Waals surface area contributed by atoms with E-state index in [1.165, 1.54) is 4.90 Å². The zero-order valence-corrected chi connectivity index (χ0v) is 24.8. The minimum Gasteiger partial charge on any atom is -0.395 e. The van der Waals surface area contributed by atoms with Crippen LogP contribution in [0.1, 0.15) is 18.9 Å². The Morgan fingerprint density at radius 2 is 1.78 bits per heavy atom. The van der Waals surface area contributed by atoms with Gasteiger partial charge in [0.1, 0.15) is 6.04 Å². The van der Waals surface area contributed by atoms with Gasteiger partial charge in [-0.3, -0.25) is 14.4 Å². The van der Waals surface area contributed by atoms with Gasteiger partial charge in [0.2, 0.25) is 11.8 Å². The Hall–Kier alpha value is -3.07. The number of rotatable bonds is 11. The minimum atomic E-state index is -0.854. The van der Waals surface area contributed by atoms with E-state index in [1.807, 2.05) is 36.4 Å². The summed E-state index contributed by atoms with van der Waals surface area (Å²) < 4.78 is -0.804. The van der Waals surface area contributed by atoms with Crippen molar-refractivity contribution in [3.05, 3.63) is 90.5 Å². The first-order valence-corrected chi connectivity index (χ1v) is 15.2. The predicted molar refractivity (Wildman–Crippen MR) is 164 cm³/mol. The van der Waals surface area contributed by atoms with Crippen LogP contribution >= 0.6 is 23.4 Å². The quantitative estimate of drug-likeness (QED) is 0.391. The maximum absolute atomic E-state index is 14.6. The number of thioether (sulfide) groups is 1. The first kappa shape index (κ1) is 29.4. The molecule has 3 saturated heterocycles. The summed E-state index contributed by atoms with van der Waals surface area (Å²) in [6, 6.07) is 16.0.